The zero-order valence-electron chi connectivity index (χ0n) is 14.8. The molecule has 0 radical (unpaired) electrons. The van der Waals surface area contributed by atoms with E-state index in [1.54, 1.807) is 11.5 Å². The lowest BCUT2D eigenvalue weighted by atomic mass is 10.0. The van der Waals surface area contributed by atoms with E-state index in [0.717, 1.165) is 12.8 Å². The molecule has 1 aliphatic heterocycles. The molecule has 8 heteroatoms. The minimum Gasteiger partial charge on any atom is -0.465 e. The normalized spacial score (nSPS) is 19.3. The van der Waals surface area contributed by atoms with Crippen molar-refractivity contribution in [2.45, 2.75) is 38.3 Å². The van der Waals surface area contributed by atoms with Gasteiger partial charge in [0.1, 0.15) is 17.4 Å². The highest BCUT2D eigenvalue weighted by Gasteiger charge is 2.31. The number of amides is 1. The number of rotatable bonds is 3. The number of carboxylic acid groups (broad SMARTS) is 1. The lowest BCUT2D eigenvalue weighted by Gasteiger charge is -2.24. The van der Waals surface area contributed by atoms with Crippen LogP contribution in [0.4, 0.5) is 14.9 Å². The first-order valence-corrected chi connectivity index (χ1v) is 8.93. The van der Waals surface area contributed by atoms with Gasteiger partial charge in [-0.1, -0.05) is 0 Å². The van der Waals surface area contributed by atoms with Crippen LogP contribution in [0.1, 0.15) is 36.4 Å². The van der Waals surface area contributed by atoms with Gasteiger partial charge in [0.15, 0.2) is 0 Å². The summed E-state index contributed by atoms with van der Waals surface area (Å²) in [4.78, 5) is 25.4. The number of hydrogen-bond acceptors (Lipinski definition) is 4. The van der Waals surface area contributed by atoms with Gasteiger partial charge in [-0.15, -0.1) is 0 Å². The predicted molar refractivity (Wildman–Crippen MR) is 97.7 cm³/mol. The summed E-state index contributed by atoms with van der Waals surface area (Å²) in [6, 6.07) is 4.52. The van der Waals surface area contributed by atoms with Gasteiger partial charge in [0.05, 0.1) is 17.2 Å². The molecule has 2 heterocycles. The second-order valence-electron chi connectivity index (χ2n) is 7.23. The number of anilines is 1. The summed E-state index contributed by atoms with van der Waals surface area (Å²) in [7, 11) is 0. The minimum atomic E-state index is -1.09. The van der Waals surface area contributed by atoms with Crippen LogP contribution in [0.2, 0.25) is 0 Å². The fourth-order valence-corrected chi connectivity index (χ4v) is 4.06. The summed E-state index contributed by atoms with van der Waals surface area (Å²) in [6.45, 7) is 2.68. The van der Waals surface area contributed by atoms with Crippen LogP contribution in [-0.4, -0.2) is 34.9 Å². The first-order chi connectivity index (χ1) is 12.9. The van der Waals surface area contributed by atoms with Gasteiger partial charge in [0.25, 0.3) is 5.56 Å². The summed E-state index contributed by atoms with van der Waals surface area (Å²) in [5, 5.41) is 21.1. The molecule has 4 rings (SSSR count). The largest absolute Gasteiger partial charge is 0.465 e. The molecule has 27 heavy (non-hydrogen) atoms. The number of pyridine rings is 1. The Bertz CT molecular complexity index is 1050. The zero-order chi connectivity index (χ0) is 19.3. The summed E-state index contributed by atoms with van der Waals surface area (Å²) in [5.41, 5.74) is 1.39. The topological polar surface area (TPSA) is 98.4 Å². The molecule has 140 valence electrons. The van der Waals surface area contributed by atoms with E-state index in [1.165, 1.54) is 12.1 Å². The molecule has 0 spiro atoms. The summed E-state index contributed by atoms with van der Waals surface area (Å²) >= 11 is 0. The van der Waals surface area contributed by atoms with E-state index < -0.39 is 11.9 Å². The van der Waals surface area contributed by atoms with Crippen LogP contribution >= 0.6 is 0 Å². The second kappa shape index (κ2) is 6.27. The molecular weight excluding hydrogens is 351 g/mol. The van der Waals surface area contributed by atoms with Gasteiger partial charge in [-0.2, -0.15) is 5.26 Å². The molecule has 1 amide bonds. The number of fused-ring (bicyclic) bond motifs is 1. The molecule has 1 saturated carbocycles. The lowest BCUT2D eigenvalue weighted by molar-refractivity contribution is 0.191. The van der Waals surface area contributed by atoms with Crippen molar-refractivity contribution >= 4 is 22.7 Å². The van der Waals surface area contributed by atoms with Crippen LogP contribution in [0.3, 0.4) is 0 Å². The maximum Gasteiger partial charge on any atom is 0.404 e. The SMILES string of the molecule is Cc1c(N2CC[C@H](NC(=O)O)C2)c(F)cc2cc(C#N)c(=O)n(C3CC3)c12. The maximum atomic E-state index is 15.0. The third-order valence-corrected chi connectivity index (χ3v) is 5.35. The summed E-state index contributed by atoms with van der Waals surface area (Å²) in [6.07, 6.45) is 1.23. The Labute approximate surface area is 154 Å². The van der Waals surface area contributed by atoms with Crippen molar-refractivity contribution in [1.29, 1.82) is 5.26 Å². The van der Waals surface area contributed by atoms with Gasteiger partial charge in [-0.3, -0.25) is 4.79 Å². The Morgan fingerprint density at radius 1 is 1.37 bits per heavy atom. The first kappa shape index (κ1) is 17.3. The van der Waals surface area contributed by atoms with Crippen LogP contribution in [0.25, 0.3) is 10.9 Å². The Kier molecular flexibility index (Phi) is 4.02. The highest BCUT2D eigenvalue weighted by atomic mass is 19.1. The van der Waals surface area contributed by atoms with Crippen molar-refractivity contribution in [3.8, 4) is 6.07 Å². The van der Waals surface area contributed by atoms with Crippen molar-refractivity contribution < 1.29 is 14.3 Å². The van der Waals surface area contributed by atoms with Crippen molar-refractivity contribution in [3.05, 3.63) is 39.4 Å². The molecule has 2 N–H and O–H groups in total. The highest BCUT2D eigenvalue weighted by molar-refractivity contribution is 5.89. The van der Waals surface area contributed by atoms with Crippen molar-refractivity contribution in [2.75, 3.05) is 18.0 Å². The Morgan fingerprint density at radius 3 is 2.74 bits per heavy atom. The number of aromatic nitrogens is 1. The zero-order valence-corrected chi connectivity index (χ0v) is 14.8. The van der Waals surface area contributed by atoms with E-state index in [2.05, 4.69) is 5.32 Å². The monoisotopic (exact) mass is 370 g/mol. The van der Waals surface area contributed by atoms with E-state index >= 15 is 0 Å². The smallest absolute Gasteiger partial charge is 0.404 e. The van der Waals surface area contributed by atoms with Gasteiger partial charge in [0.2, 0.25) is 0 Å². The van der Waals surface area contributed by atoms with Gasteiger partial charge in [-0.25, -0.2) is 9.18 Å². The molecule has 2 fully saturated rings. The molecule has 0 bridgehead atoms. The molecule has 7 nitrogen and oxygen atoms in total. The lowest BCUT2D eigenvalue weighted by Crippen LogP contribution is -2.36. The predicted octanol–water partition coefficient (Wildman–Crippen LogP) is 2.50. The van der Waals surface area contributed by atoms with Crippen molar-refractivity contribution in [1.82, 2.24) is 9.88 Å². The number of benzene rings is 1. The first-order valence-electron chi connectivity index (χ1n) is 8.93. The van der Waals surface area contributed by atoms with Crippen LogP contribution in [0, 0.1) is 24.1 Å². The molecule has 2 aliphatic rings. The number of hydrogen-bond donors (Lipinski definition) is 2. The average molecular weight is 370 g/mol. The Hall–Kier alpha value is -3.08. The molecule has 1 saturated heterocycles. The van der Waals surface area contributed by atoms with E-state index in [0.29, 0.717) is 41.7 Å². The van der Waals surface area contributed by atoms with Gasteiger partial charge in [-0.05, 0) is 43.9 Å². The molecule has 1 aliphatic carbocycles. The maximum absolute atomic E-state index is 15.0. The number of halogens is 1. The summed E-state index contributed by atoms with van der Waals surface area (Å²) < 4.78 is 16.6. The fraction of sp³-hybridized carbons (Fsp3) is 0.421. The van der Waals surface area contributed by atoms with Crippen LogP contribution in [0.15, 0.2) is 16.9 Å². The third kappa shape index (κ3) is 2.89. The van der Waals surface area contributed by atoms with E-state index in [4.69, 9.17) is 5.11 Å². The van der Waals surface area contributed by atoms with E-state index in [-0.39, 0.29) is 23.2 Å². The summed E-state index contributed by atoms with van der Waals surface area (Å²) in [5.74, 6) is -0.430. The van der Waals surface area contributed by atoms with Crippen LogP contribution in [-0.2, 0) is 0 Å². The molecule has 1 aromatic carbocycles. The van der Waals surface area contributed by atoms with Crippen molar-refractivity contribution in [2.24, 2.45) is 0 Å². The van der Waals surface area contributed by atoms with E-state index in [1.807, 2.05) is 11.0 Å². The molecule has 0 unspecified atom stereocenters. The standard InChI is InChI=1S/C19H19FN4O3/c1-10-16-11(6-12(8-21)18(25)24(16)14-2-3-14)7-15(20)17(10)23-5-4-13(9-23)22-19(26)27/h6-7,13-14,22H,2-5,9H2,1H3,(H,26,27)/t13-/m0/s1. The molecule has 2 aromatic rings. The van der Waals surface area contributed by atoms with Gasteiger partial charge in [0, 0.05) is 24.5 Å². The number of nitrogens with zero attached hydrogens (tertiary/aromatic N) is 3. The third-order valence-electron chi connectivity index (χ3n) is 5.35. The van der Waals surface area contributed by atoms with E-state index in [9.17, 15) is 19.2 Å². The van der Waals surface area contributed by atoms with Crippen LogP contribution in [0.5, 0.6) is 0 Å². The number of nitrogens with one attached hydrogen (secondary N) is 1. The Morgan fingerprint density at radius 2 is 2.11 bits per heavy atom. The quantitative estimate of drug-likeness (QED) is 0.865. The number of nitriles is 1. The number of aryl methyl sites for hydroxylation is 1. The molecule has 1 atom stereocenters. The Balaban J connectivity index is 1.86. The van der Waals surface area contributed by atoms with Crippen molar-refractivity contribution in [3.63, 3.8) is 0 Å². The minimum absolute atomic E-state index is 0.0212. The molecular formula is C19H19FN4O3. The van der Waals surface area contributed by atoms with Gasteiger partial charge < -0.3 is 19.9 Å². The number of carbonyl (C=O) groups is 1. The average Bonchev–Trinajstić information content (AvgIpc) is 3.35. The highest BCUT2D eigenvalue weighted by Crippen LogP contribution is 2.39. The fourth-order valence-electron chi connectivity index (χ4n) is 4.06. The second-order valence-corrected chi connectivity index (χ2v) is 7.23. The molecule has 1 aromatic heterocycles. The van der Waals surface area contributed by atoms with Gasteiger partial charge >= 0.3 is 6.09 Å². The van der Waals surface area contributed by atoms with Crippen LogP contribution < -0.4 is 15.8 Å².